The third-order valence-corrected chi connectivity index (χ3v) is 3.24. The summed E-state index contributed by atoms with van der Waals surface area (Å²) in [5.41, 5.74) is 3.53. The Hall–Kier alpha value is -1.40. The first kappa shape index (κ1) is 18.6. The van der Waals surface area contributed by atoms with Gasteiger partial charge in [0.2, 0.25) is 0 Å². The molecule has 2 rings (SSSR count). The molecule has 108 valence electrons. The molecule has 0 heterocycles. The molecule has 0 aliphatic rings. The van der Waals surface area contributed by atoms with Crippen molar-refractivity contribution >= 4 is 34.7 Å². The smallest absolute Gasteiger partial charge is 0.545 e. The van der Waals surface area contributed by atoms with Crippen LogP contribution in [0.3, 0.4) is 0 Å². The Bertz CT molecular complexity index is 704. The van der Waals surface area contributed by atoms with Gasteiger partial charge < -0.3 is 20.5 Å². The van der Waals surface area contributed by atoms with E-state index in [9.17, 15) is 9.90 Å². The average Bonchev–Trinajstić information content (AvgIpc) is 2.43. The monoisotopic (exact) mass is 322 g/mol. The molecule has 6 heteroatoms. The minimum atomic E-state index is -1.24. The topological polar surface area (TPSA) is 64.2 Å². The number of hydrogen-bond acceptors (Lipinski definition) is 3. The molecule has 0 saturated heterocycles. The molecule has 2 aromatic carbocycles. The molecule has 0 aliphatic heterocycles. The fraction of sp³-hybridized carbons (Fsp3) is 0.125. The van der Waals surface area contributed by atoms with E-state index in [1.807, 2.05) is 32.0 Å². The Morgan fingerprint density at radius 1 is 1.05 bits per heavy atom. The third-order valence-electron chi connectivity index (χ3n) is 3.04. The second-order valence-corrected chi connectivity index (χ2v) is 5.14. The summed E-state index contributed by atoms with van der Waals surface area (Å²) < 4.78 is 0. The van der Waals surface area contributed by atoms with Gasteiger partial charge in [-0.3, -0.25) is 0 Å². The van der Waals surface area contributed by atoms with E-state index in [0.717, 1.165) is 16.8 Å². The minimum absolute atomic E-state index is 0. The number of aromatic carboxylic acids is 1. The van der Waals surface area contributed by atoms with Gasteiger partial charge in [-0.1, -0.05) is 30.3 Å². The number of para-hydroxylation sites is 1. The molecular formula is C16H15N2NaO2S. The Kier molecular flexibility index (Phi) is 7.03. The summed E-state index contributed by atoms with van der Waals surface area (Å²) in [6.45, 7) is 3.96. The van der Waals surface area contributed by atoms with Crippen LogP contribution < -0.4 is 45.3 Å². The molecule has 0 aliphatic carbocycles. The van der Waals surface area contributed by atoms with Crippen LogP contribution in [0.1, 0.15) is 21.5 Å². The van der Waals surface area contributed by atoms with Gasteiger partial charge >= 0.3 is 29.6 Å². The number of hydrogen-bond donors (Lipinski definition) is 2. The van der Waals surface area contributed by atoms with Gasteiger partial charge in [-0.2, -0.15) is 0 Å². The molecule has 2 aromatic rings. The van der Waals surface area contributed by atoms with Gasteiger partial charge in [0.15, 0.2) is 5.11 Å². The van der Waals surface area contributed by atoms with Gasteiger partial charge in [0.05, 0.1) is 5.97 Å². The van der Waals surface area contributed by atoms with E-state index < -0.39 is 5.97 Å². The molecule has 0 unspecified atom stereocenters. The second kappa shape index (κ2) is 8.29. The molecule has 0 radical (unpaired) electrons. The summed E-state index contributed by atoms with van der Waals surface area (Å²) >= 11 is 5.23. The number of rotatable bonds is 3. The number of thiocarbonyl (C=S) groups is 1. The quantitative estimate of drug-likeness (QED) is 0.588. The Morgan fingerprint density at radius 3 is 2.36 bits per heavy atom. The normalized spacial score (nSPS) is 9.55. The molecule has 2 N–H and O–H groups in total. The SMILES string of the molecule is Cc1ccc(C)c(NC(=S)Nc2ccccc2C(=O)[O-])c1.[Na+]. The van der Waals surface area contributed by atoms with Crippen LogP contribution in [-0.4, -0.2) is 11.1 Å². The molecule has 0 atom stereocenters. The number of carbonyl (C=O) groups is 1. The van der Waals surface area contributed by atoms with Crippen molar-refractivity contribution in [1.82, 2.24) is 0 Å². The van der Waals surface area contributed by atoms with Crippen molar-refractivity contribution in [3.05, 3.63) is 59.2 Å². The Labute approximate surface area is 157 Å². The first-order valence-electron chi connectivity index (χ1n) is 6.43. The van der Waals surface area contributed by atoms with Gasteiger partial charge in [0.1, 0.15) is 0 Å². The molecule has 0 aromatic heterocycles. The number of anilines is 2. The van der Waals surface area contributed by atoms with E-state index in [2.05, 4.69) is 10.6 Å². The molecule has 0 spiro atoms. The predicted molar refractivity (Wildman–Crippen MR) is 86.5 cm³/mol. The molecule has 0 amide bonds. The second-order valence-electron chi connectivity index (χ2n) is 4.73. The van der Waals surface area contributed by atoms with Crippen LogP contribution in [0.4, 0.5) is 11.4 Å². The van der Waals surface area contributed by atoms with Gasteiger partial charge in [-0.15, -0.1) is 0 Å². The number of aryl methyl sites for hydroxylation is 2. The first-order valence-corrected chi connectivity index (χ1v) is 6.84. The van der Waals surface area contributed by atoms with Crippen molar-refractivity contribution in [3.8, 4) is 0 Å². The summed E-state index contributed by atoms with van der Waals surface area (Å²) in [6, 6.07) is 12.5. The van der Waals surface area contributed by atoms with Gasteiger partial charge in [0.25, 0.3) is 0 Å². The van der Waals surface area contributed by atoms with Crippen molar-refractivity contribution in [2.45, 2.75) is 13.8 Å². The molecule has 0 saturated carbocycles. The Morgan fingerprint density at radius 2 is 1.68 bits per heavy atom. The van der Waals surface area contributed by atoms with Gasteiger partial charge in [-0.05, 0) is 49.3 Å². The van der Waals surface area contributed by atoms with E-state index in [0.29, 0.717) is 10.8 Å². The van der Waals surface area contributed by atoms with Crippen molar-refractivity contribution in [1.29, 1.82) is 0 Å². The fourth-order valence-electron chi connectivity index (χ4n) is 1.92. The number of carbonyl (C=O) groups excluding carboxylic acids is 1. The van der Waals surface area contributed by atoms with Gasteiger partial charge in [-0.25, -0.2) is 0 Å². The number of benzene rings is 2. The summed E-state index contributed by atoms with van der Waals surface area (Å²) in [7, 11) is 0. The average molecular weight is 322 g/mol. The van der Waals surface area contributed by atoms with Crippen molar-refractivity contribution < 1.29 is 39.5 Å². The maximum Gasteiger partial charge on any atom is 1.00 e. The largest absolute Gasteiger partial charge is 1.00 e. The van der Waals surface area contributed by atoms with Crippen molar-refractivity contribution in [2.24, 2.45) is 0 Å². The number of carboxylic acids is 1. The van der Waals surface area contributed by atoms with Gasteiger partial charge in [0, 0.05) is 16.9 Å². The Balaban J connectivity index is 0.00000242. The van der Waals surface area contributed by atoms with Crippen LogP contribution in [0.2, 0.25) is 0 Å². The molecule has 0 fully saturated rings. The van der Waals surface area contributed by atoms with E-state index in [-0.39, 0.29) is 35.1 Å². The summed E-state index contributed by atoms with van der Waals surface area (Å²) in [4.78, 5) is 11.0. The van der Waals surface area contributed by atoms with Crippen molar-refractivity contribution in [2.75, 3.05) is 10.6 Å². The maximum atomic E-state index is 11.0. The zero-order chi connectivity index (χ0) is 15.4. The van der Waals surface area contributed by atoms with E-state index in [1.54, 1.807) is 18.2 Å². The zero-order valence-electron chi connectivity index (χ0n) is 12.8. The number of carboxylic acid groups (broad SMARTS) is 1. The molecule has 0 bridgehead atoms. The van der Waals surface area contributed by atoms with Crippen LogP contribution in [0.5, 0.6) is 0 Å². The standard InChI is InChI=1S/C16H16N2O2S.Na/c1-10-7-8-11(2)14(9-10)18-16(21)17-13-6-4-3-5-12(13)15(19)20;/h3-9H,1-2H3,(H,19,20)(H2,17,18,21);/q;+1/p-1. The maximum absolute atomic E-state index is 11.0. The summed E-state index contributed by atoms with van der Waals surface area (Å²) in [5, 5.41) is 17.3. The zero-order valence-corrected chi connectivity index (χ0v) is 15.6. The van der Waals surface area contributed by atoms with Crippen molar-refractivity contribution in [3.63, 3.8) is 0 Å². The van der Waals surface area contributed by atoms with Crippen LogP contribution >= 0.6 is 12.2 Å². The minimum Gasteiger partial charge on any atom is -0.545 e. The van der Waals surface area contributed by atoms with Crippen LogP contribution in [0.25, 0.3) is 0 Å². The van der Waals surface area contributed by atoms with Crippen LogP contribution in [0.15, 0.2) is 42.5 Å². The van der Waals surface area contributed by atoms with Crippen LogP contribution in [0, 0.1) is 13.8 Å². The van der Waals surface area contributed by atoms with Crippen LogP contribution in [-0.2, 0) is 0 Å². The van der Waals surface area contributed by atoms with E-state index in [1.165, 1.54) is 6.07 Å². The number of nitrogens with one attached hydrogen (secondary N) is 2. The van der Waals surface area contributed by atoms with E-state index >= 15 is 0 Å². The summed E-state index contributed by atoms with van der Waals surface area (Å²) in [6.07, 6.45) is 0. The predicted octanol–water partition coefficient (Wildman–Crippen LogP) is -0.520. The molecule has 22 heavy (non-hydrogen) atoms. The first-order chi connectivity index (χ1) is 9.97. The van der Waals surface area contributed by atoms with E-state index in [4.69, 9.17) is 12.2 Å². The summed E-state index contributed by atoms with van der Waals surface area (Å²) in [5.74, 6) is -1.24. The fourth-order valence-corrected chi connectivity index (χ4v) is 2.14. The third kappa shape index (κ3) is 4.81. The molecule has 4 nitrogen and oxygen atoms in total. The molecular weight excluding hydrogens is 307 g/mol.